The predicted octanol–water partition coefficient (Wildman–Crippen LogP) is 5.25. The number of amides is 1. The van der Waals surface area contributed by atoms with Crippen LogP contribution in [0.15, 0.2) is 54.9 Å². The van der Waals surface area contributed by atoms with Gasteiger partial charge in [0.15, 0.2) is 10.9 Å². The number of thiazole rings is 1. The first-order valence-electron chi connectivity index (χ1n) is 11.8. The van der Waals surface area contributed by atoms with E-state index >= 15 is 0 Å². The first-order chi connectivity index (χ1) is 17.4. The average Bonchev–Trinajstić information content (AvgIpc) is 3.27. The molecule has 2 atom stereocenters. The van der Waals surface area contributed by atoms with Gasteiger partial charge in [-0.2, -0.15) is 0 Å². The number of anilines is 2. The van der Waals surface area contributed by atoms with E-state index in [0.29, 0.717) is 22.3 Å². The molecule has 1 N–H and O–H groups in total. The number of aromatic nitrogens is 3. The molecule has 4 aromatic rings. The number of halogens is 1. The van der Waals surface area contributed by atoms with E-state index in [4.69, 9.17) is 4.74 Å². The van der Waals surface area contributed by atoms with Gasteiger partial charge in [-0.3, -0.25) is 9.69 Å². The van der Waals surface area contributed by atoms with Gasteiger partial charge in [0, 0.05) is 44.7 Å². The highest BCUT2D eigenvalue weighted by Crippen LogP contribution is 2.35. The summed E-state index contributed by atoms with van der Waals surface area (Å²) in [6.07, 6.45) is 1.51. The number of carbonyl (C=O) groups excluding carboxylic acids is 1. The van der Waals surface area contributed by atoms with Gasteiger partial charge in [0.2, 0.25) is 11.8 Å². The SMILES string of the molecule is CC(=O)Nc1nc2c(Oc3cc(N4CCN([C@H](C)c5ccc(F)cc5)C[C@@H]4C)ncn3)cccc2s1. The molecule has 8 nitrogen and oxygen atoms in total. The van der Waals surface area contributed by atoms with Gasteiger partial charge in [-0.25, -0.2) is 19.3 Å². The average molecular weight is 507 g/mol. The normalized spacial score (nSPS) is 17.2. The van der Waals surface area contributed by atoms with Crippen LogP contribution in [0.1, 0.15) is 32.4 Å². The lowest BCUT2D eigenvalue weighted by Gasteiger charge is -2.43. The maximum Gasteiger partial charge on any atom is 0.224 e. The van der Waals surface area contributed by atoms with Crippen molar-refractivity contribution in [1.82, 2.24) is 19.9 Å². The van der Waals surface area contributed by atoms with Crippen LogP contribution in [0, 0.1) is 5.82 Å². The highest BCUT2D eigenvalue weighted by molar-refractivity contribution is 7.22. The lowest BCUT2D eigenvalue weighted by Crippen LogP contribution is -2.52. The van der Waals surface area contributed by atoms with Gasteiger partial charge in [-0.05, 0) is 43.7 Å². The van der Waals surface area contributed by atoms with E-state index < -0.39 is 0 Å². The van der Waals surface area contributed by atoms with E-state index in [1.165, 1.54) is 36.7 Å². The standard InChI is InChI=1S/C26H27FN6O2S/c1-16-14-32(17(2)19-7-9-20(27)10-8-19)11-12-33(16)23-13-24(29-15-28-23)35-21-5-4-6-22-25(21)31-26(36-22)30-18(3)34/h4-10,13,15-17H,11-12,14H2,1-3H3,(H,30,31,34)/t16-,17+/m0/s1. The van der Waals surface area contributed by atoms with Gasteiger partial charge in [0.1, 0.15) is 23.5 Å². The second-order valence-electron chi connectivity index (χ2n) is 8.88. The predicted molar refractivity (Wildman–Crippen MR) is 139 cm³/mol. The Balaban J connectivity index is 1.30. The molecule has 3 heterocycles. The molecule has 36 heavy (non-hydrogen) atoms. The molecular weight excluding hydrogens is 479 g/mol. The molecule has 0 unspecified atom stereocenters. The Kier molecular flexibility index (Phi) is 6.80. The van der Waals surface area contributed by atoms with Crippen LogP contribution in [0.2, 0.25) is 0 Å². The van der Waals surface area contributed by atoms with E-state index in [1.807, 2.05) is 36.4 Å². The second kappa shape index (κ2) is 10.2. The quantitative estimate of drug-likeness (QED) is 0.383. The van der Waals surface area contributed by atoms with Gasteiger partial charge in [0.05, 0.1) is 4.70 Å². The summed E-state index contributed by atoms with van der Waals surface area (Å²) in [4.78, 5) is 29.4. The number of hydrogen-bond donors (Lipinski definition) is 1. The Labute approximate surface area is 212 Å². The van der Waals surface area contributed by atoms with Crippen molar-refractivity contribution < 1.29 is 13.9 Å². The number of rotatable bonds is 6. The van der Waals surface area contributed by atoms with E-state index in [-0.39, 0.29) is 23.8 Å². The van der Waals surface area contributed by atoms with Crippen LogP contribution >= 0.6 is 11.3 Å². The molecule has 1 aliphatic rings. The molecule has 2 aromatic heterocycles. The number of hydrogen-bond acceptors (Lipinski definition) is 8. The highest BCUT2D eigenvalue weighted by atomic mass is 32.1. The van der Waals surface area contributed by atoms with Crippen molar-refractivity contribution in [2.45, 2.75) is 32.9 Å². The van der Waals surface area contributed by atoms with Gasteiger partial charge in [0.25, 0.3) is 0 Å². The third-order valence-electron chi connectivity index (χ3n) is 6.36. The minimum atomic E-state index is -0.217. The number of nitrogens with zero attached hydrogens (tertiary/aromatic N) is 5. The molecule has 0 bridgehead atoms. The zero-order chi connectivity index (χ0) is 25.2. The summed E-state index contributed by atoms with van der Waals surface area (Å²) in [5.74, 6) is 1.40. The zero-order valence-electron chi connectivity index (χ0n) is 20.3. The molecule has 0 saturated carbocycles. The van der Waals surface area contributed by atoms with Crippen LogP contribution in [0.25, 0.3) is 10.2 Å². The molecule has 1 fully saturated rings. The van der Waals surface area contributed by atoms with Crippen molar-refractivity contribution in [3.63, 3.8) is 0 Å². The number of para-hydroxylation sites is 1. The van der Waals surface area contributed by atoms with Gasteiger partial charge >= 0.3 is 0 Å². The first-order valence-corrected chi connectivity index (χ1v) is 12.6. The molecular formula is C26H27FN6O2S. The van der Waals surface area contributed by atoms with Crippen LogP contribution in [-0.4, -0.2) is 51.4 Å². The largest absolute Gasteiger partial charge is 0.437 e. The van der Waals surface area contributed by atoms with Crippen molar-refractivity contribution in [2.24, 2.45) is 0 Å². The third kappa shape index (κ3) is 5.14. The van der Waals surface area contributed by atoms with Crippen LogP contribution in [0.4, 0.5) is 15.3 Å². The molecule has 1 aliphatic heterocycles. The molecule has 0 radical (unpaired) electrons. The number of benzene rings is 2. The molecule has 0 spiro atoms. The Morgan fingerprint density at radius 3 is 2.75 bits per heavy atom. The highest BCUT2D eigenvalue weighted by Gasteiger charge is 2.28. The van der Waals surface area contributed by atoms with Crippen LogP contribution in [0.5, 0.6) is 11.6 Å². The zero-order valence-corrected chi connectivity index (χ0v) is 21.1. The number of nitrogens with one attached hydrogen (secondary N) is 1. The summed E-state index contributed by atoms with van der Waals surface area (Å²) in [5, 5.41) is 3.25. The maximum atomic E-state index is 13.3. The van der Waals surface area contributed by atoms with Crippen LogP contribution in [0.3, 0.4) is 0 Å². The minimum absolute atomic E-state index is 0.168. The van der Waals surface area contributed by atoms with Crippen LogP contribution < -0.4 is 15.0 Å². The smallest absolute Gasteiger partial charge is 0.224 e. The van der Waals surface area contributed by atoms with Gasteiger partial charge in [-0.15, -0.1) is 0 Å². The monoisotopic (exact) mass is 506 g/mol. The van der Waals surface area contributed by atoms with Crippen molar-refractivity contribution in [2.75, 3.05) is 29.9 Å². The van der Waals surface area contributed by atoms with Gasteiger partial charge in [-0.1, -0.05) is 29.5 Å². The Morgan fingerprint density at radius 1 is 1.19 bits per heavy atom. The molecule has 5 rings (SSSR count). The molecule has 1 amide bonds. The third-order valence-corrected chi connectivity index (χ3v) is 7.30. The second-order valence-corrected chi connectivity index (χ2v) is 9.92. The Hall–Kier alpha value is -3.63. The first kappa shape index (κ1) is 24.1. The number of ether oxygens (including phenoxy) is 1. The Bertz CT molecular complexity index is 1380. The van der Waals surface area contributed by atoms with E-state index in [2.05, 4.69) is 43.9 Å². The molecule has 0 aliphatic carbocycles. The number of carbonyl (C=O) groups is 1. The van der Waals surface area contributed by atoms with E-state index in [1.54, 1.807) is 0 Å². The summed E-state index contributed by atoms with van der Waals surface area (Å²) in [6.45, 7) is 8.28. The lowest BCUT2D eigenvalue weighted by molar-refractivity contribution is -0.114. The van der Waals surface area contributed by atoms with Crippen molar-refractivity contribution >= 4 is 38.4 Å². The summed E-state index contributed by atoms with van der Waals surface area (Å²) >= 11 is 1.39. The summed E-state index contributed by atoms with van der Waals surface area (Å²) in [5.41, 5.74) is 1.77. The molecule has 10 heteroatoms. The molecule has 186 valence electrons. The summed E-state index contributed by atoms with van der Waals surface area (Å²) < 4.78 is 20.4. The minimum Gasteiger partial charge on any atom is -0.437 e. The fourth-order valence-electron chi connectivity index (χ4n) is 4.50. The molecule has 2 aromatic carbocycles. The fraction of sp³-hybridized carbons (Fsp3) is 0.308. The Morgan fingerprint density at radius 2 is 2.00 bits per heavy atom. The van der Waals surface area contributed by atoms with Crippen LogP contribution in [-0.2, 0) is 4.79 Å². The fourth-order valence-corrected chi connectivity index (χ4v) is 5.42. The molecule has 1 saturated heterocycles. The topological polar surface area (TPSA) is 83.5 Å². The number of piperazine rings is 1. The van der Waals surface area contributed by atoms with Crippen molar-refractivity contribution in [3.8, 4) is 11.6 Å². The lowest BCUT2D eigenvalue weighted by atomic mass is 10.0. The van der Waals surface area contributed by atoms with Crippen molar-refractivity contribution in [3.05, 3.63) is 66.2 Å². The van der Waals surface area contributed by atoms with Gasteiger partial charge < -0.3 is 15.0 Å². The van der Waals surface area contributed by atoms with E-state index in [9.17, 15) is 9.18 Å². The maximum absolute atomic E-state index is 13.3. The van der Waals surface area contributed by atoms with Crippen molar-refractivity contribution in [1.29, 1.82) is 0 Å². The van der Waals surface area contributed by atoms with E-state index in [0.717, 1.165) is 35.7 Å². The summed E-state index contributed by atoms with van der Waals surface area (Å²) in [7, 11) is 0. The summed E-state index contributed by atoms with van der Waals surface area (Å²) in [6, 6.07) is 14.6. The number of fused-ring (bicyclic) bond motifs is 1.